The molecule has 196 valence electrons. The van der Waals surface area contributed by atoms with Crippen LogP contribution in [0, 0.1) is 27.9 Å². The van der Waals surface area contributed by atoms with Gasteiger partial charge in [-0.2, -0.15) is 0 Å². The molecule has 0 saturated heterocycles. The maximum Gasteiger partial charge on any atom is 0.475 e. The van der Waals surface area contributed by atoms with Crippen LogP contribution in [0.15, 0.2) is 4.99 Å². The largest absolute Gasteiger partial charge is 0.475 e. The first-order valence-corrected chi connectivity index (χ1v) is 11.5. The van der Waals surface area contributed by atoms with Gasteiger partial charge in [-0.1, -0.05) is 33.1 Å². The van der Waals surface area contributed by atoms with Crippen molar-refractivity contribution >= 4 is 24.8 Å². The Bertz CT molecular complexity index is 678. The fraction of sp³-hybridized carbons (Fsp3) is 0.857. The van der Waals surface area contributed by atoms with Crippen LogP contribution >= 0.6 is 0 Å². The third-order valence-electron chi connectivity index (χ3n) is 5.84. The fourth-order valence-corrected chi connectivity index (χ4v) is 4.12. The van der Waals surface area contributed by atoms with Crippen molar-refractivity contribution < 1.29 is 29.4 Å². The first-order valence-electron chi connectivity index (χ1n) is 11.5. The van der Waals surface area contributed by atoms with Crippen LogP contribution < -0.4 is 16.5 Å². The zero-order valence-electron chi connectivity index (χ0n) is 19.7. The number of hydrogen-bond acceptors (Lipinski definition) is 8. The molecule has 1 saturated carbocycles. The number of ketones is 1. The number of nitrogens with zero attached hydrogens (tertiary/aromatic N) is 2. The Labute approximate surface area is 202 Å². The minimum Gasteiger partial charge on any atom is -0.426 e. The van der Waals surface area contributed by atoms with Crippen LogP contribution in [0.1, 0.15) is 72.6 Å². The Morgan fingerprint density at radius 2 is 2.00 bits per heavy atom. The van der Waals surface area contributed by atoms with Gasteiger partial charge in [-0.3, -0.25) is 9.59 Å². The minimum absolute atomic E-state index is 0. The van der Waals surface area contributed by atoms with Crippen LogP contribution in [0.4, 0.5) is 0 Å². The summed E-state index contributed by atoms with van der Waals surface area (Å²) in [4.78, 5) is 40.2. The van der Waals surface area contributed by atoms with Gasteiger partial charge in [-0.25, -0.2) is 15.1 Å². The van der Waals surface area contributed by atoms with E-state index in [0.717, 1.165) is 19.3 Å². The number of rotatable bonds is 14. The van der Waals surface area contributed by atoms with E-state index >= 15 is 0 Å². The van der Waals surface area contributed by atoms with E-state index in [1.165, 1.54) is 0 Å². The number of hydrazine groups is 1. The van der Waals surface area contributed by atoms with Gasteiger partial charge in [0.1, 0.15) is 5.78 Å². The number of aliphatic imine (C=N–C) groups is 1. The second kappa shape index (κ2) is 16.4. The van der Waals surface area contributed by atoms with Crippen molar-refractivity contribution in [2.24, 2.45) is 28.5 Å². The maximum atomic E-state index is 13.0. The number of hydrogen-bond donors (Lipinski definition) is 5. The smallest absolute Gasteiger partial charge is 0.426 e. The van der Waals surface area contributed by atoms with Crippen molar-refractivity contribution in [1.82, 2.24) is 10.7 Å². The highest BCUT2D eigenvalue weighted by Gasteiger charge is 2.33. The molecule has 1 aliphatic rings. The second-order valence-corrected chi connectivity index (χ2v) is 9.02. The van der Waals surface area contributed by atoms with Crippen LogP contribution in [-0.2, 0) is 14.3 Å². The predicted molar refractivity (Wildman–Crippen MR) is 130 cm³/mol. The molecule has 0 aliphatic heterocycles. The lowest BCUT2D eigenvalue weighted by Gasteiger charge is -2.28. The molecule has 0 aromatic heterocycles. The molecular formula is C21H42BN5O7. The molecule has 13 heteroatoms. The first-order chi connectivity index (χ1) is 15.5. The summed E-state index contributed by atoms with van der Waals surface area (Å²) in [5, 5.41) is 31.5. The van der Waals surface area contributed by atoms with Gasteiger partial charge < -0.3 is 25.8 Å². The molecule has 0 spiro atoms. The van der Waals surface area contributed by atoms with Crippen molar-refractivity contribution in [2.45, 2.75) is 84.7 Å². The van der Waals surface area contributed by atoms with Crippen molar-refractivity contribution in [1.29, 1.82) is 0 Å². The summed E-state index contributed by atoms with van der Waals surface area (Å²) in [5.41, 5.74) is 7.14. The molecule has 1 aliphatic carbocycles. The van der Waals surface area contributed by atoms with Gasteiger partial charge >= 0.3 is 7.12 Å². The third kappa shape index (κ3) is 12.3. The number of nitrogens with two attached hydrogens (primary N) is 1. The van der Waals surface area contributed by atoms with E-state index in [9.17, 15) is 29.8 Å². The van der Waals surface area contributed by atoms with Gasteiger partial charge in [-0.05, 0) is 44.4 Å². The number of methoxy groups -OCH3 is 1. The molecule has 4 atom stereocenters. The first kappa shape index (κ1) is 31.8. The summed E-state index contributed by atoms with van der Waals surface area (Å²) in [7, 11) is -0.0887. The van der Waals surface area contributed by atoms with Gasteiger partial charge in [0.15, 0.2) is 5.03 Å². The molecule has 0 bridgehead atoms. The number of nitro groups is 1. The standard InChI is InChI=1S/C20H38BN5O7.CH4/c1-13(2)10-18(21(29)30)24-19(28)15(7-5-9-23-20(22)25-26(31)32)12-17(27)14-6-4-8-16(11-14)33-3;/h13-16,18,29-30H,4-12H2,1-3H3,(H,24,28)(H3,22,23,25);1H4/t14?,15-,16?,18+;/m1./s1. The molecule has 0 heterocycles. The molecule has 6 N–H and O–H groups in total. The Balaban J connectivity index is 0.0000109. The molecule has 34 heavy (non-hydrogen) atoms. The number of carbonyl (C=O) groups is 2. The number of ether oxygens (including phenoxy) is 1. The molecular weight excluding hydrogens is 445 g/mol. The molecule has 1 amide bonds. The van der Waals surface area contributed by atoms with E-state index in [-0.39, 0.29) is 50.1 Å². The molecule has 12 nitrogen and oxygen atoms in total. The number of nitrogens with one attached hydrogen (secondary N) is 2. The summed E-state index contributed by atoms with van der Waals surface area (Å²) in [6.07, 6.45) is 4.27. The zero-order chi connectivity index (χ0) is 25.0. The minimum atomic E-state index is -1.72. The molecule has 0 radical (unpaired) electrons. The van der Waals surface area contributed by atoms with Crippen molar-refractivity contribution in [3.63, 3.8) is 0 Å². The Kier molecular flexibility index (Phi) is 15.3. The van der Waals surface area contributed by atoms with Crippen LogP contribution in [0.25, 0.3) is 0 Å². The Hall–Kier alpha value is -2.25. The average molecular weight is 487 g/mol. The van der Waals surface area contributed by atoms with Crippen molar-refractivity contribution in [2.75, 3.05) is 13.7 Å². The molecule has 0 aromatic rings. The second-order valence-electron chi connectivity index (χ2n) is 9.02. The number of carbonyl (C=O) groups excluding carboxylic acids is 2. The summed E-state index contributed by atoms with van der Waals surface area (Å²) in [5.74, 6) is -2.37. The van der Waals surface area contributed by atoms with Gasteiger partial charge in [0.25, 0.3) is 5.96 Å². The topological polar surface area (TPSA) is 189 Å². The van der Waals surface area contributed by atoms with Gasteiger partial charge in [-0.15, -0.1) is 0 Å². The average Bonchev–Trinajstić information content (AvgIpc) is 2.74. The van der Waals surface area contributed by atoms with Gasteiger partial charge in [0, 0.05) is 31.9 Å². The predicted octanol–water partition coefficient (Wildman–Crippen LogP) is 0.822. The van der Waals surface area contributed by atoms with E-state index in [2.05, 4.69) is 10.3 Å². The fourth-order valence-electron chi connectivity index (χ4n) is 4.12. The highest BCUT2D eigenvalue weighted by molar-refractivity contribution is 6.43. The summed E-state index contributed by atoms with van der Waals surface area (Å²) in [6.45, 7) is 3.94. The highest BCUT2D eigenvalue weighted by Crippen LogP contribution is 2.29. The van der Waals surface area contributed by atoms with Crippen molar-refractivity contribution in [3.05, 3.63) is 10.1 Å². The number of amides is 1. The van der Waals surface area contributed by atoms with Crippen LogP contribution in [0.5, 0.6) is 0 Å². The van der Waals surface area contributed by atoms with E-state index in [1.807, 2.05) is 13.8 Å². The monoisotopic (exact) mass is 487 g/mol. The van der Waals surface area contributed by atoms with E-state index in [0.29, 0.717) is 25.7 Å². The summed E-state index contributed by atoms with van der Waals surface area (Å²) in [6, 6.07) is 0. The molecule has 0 aromatic carbocycles. The SMILES string of the molecule is C.COC1CCCC(C(=O)C[C@@H](CCCN=C(N)N[N+](=O)[O-])C(=O)N[C@@H](CC(C)C)B(O)O)C1. The van der Waals surface area contributed by atoms with Crippen LogP contribution in [0.3, 0.4) is 0 Å². The summed E-state index contributed by atoms with van der Waals surface area (Å²) >= 11 is 0. The third-order valence-corrected chi connectivity index (χ3v) is 5.84. The van der Waals surface area contributed by atoms with Gasteiger partial charge in [0.05, 0.1) is 12.0 Å². The Morgan fingerprint density at radius 3 is 2.56 bits per heavy atom. The highest BCUT2D eigenvalue weighted by atomic mass is 16.7. The quantitative estimate of drug-likeness (QED) is 0.0590. The molecule has 2 unspecified atom stereocenters. The molecule has 1 rings (SSSR count). The number of Topliss-reactive ketones (excluding diaryl/α,β-unsaturated/α-hetero) is 1. The van der Waals surface area contributed by atoms with E-state index in [1.54, 1.807) is 12.5 Å². The van der Waals surface area contributed by atoms with Crippen molar-refractivity contribution in [3.8, 4) is 0 Å². The zero-order valence-corrected chi connectivity index (χ0v) is 19.7. The normalized spacial score (nSPS) is 20.1. The number of guanidine groups is 1. The lowest BCUT2D eigenvalue weighted by molar-refractivity contribution is -0.525. The molecule has 1 fully saturated rings. The maximum absolute atomic E-state index is 13.0. The lowest BCUT2D eigenvalue weighted by atomic mass is 9.74. The van der Waals surface area contributed by atoms with Crippen LogP contribution in [0.2, 0.25) is 0 Å². The van der Waals surface area contributed by atoms with Crippen LogP contribution in [-0.4, -0.2) is 65.5 Å². The lowest BCUT2D eigenvalue weighted by Crippen LogP contribution is -2.49. The van der Waals surface area contributed by atoms with E-state index in [4.69, 9.17) is 10.5 Å². The van der Waals surface area contributed by atoms with Gasteiger partial charge in [0.2, 0.25) is 5.91 Å². The summed E-state index contributed by atoms with van der Waals surface area (Å²) < 4.78 is 5.40. The Morgan fingerprint density at radius 1 is 1.32 bits per heavy atom. The van der Waals surface area contributed by atoms with E-state index < -0.39 is 29.9 Å².